The average molecular weight is 292 g/mol. The fourth-order valence-corrected chi connectivity index (χ4v) is 2.31. The number of hydrogen-bond acceptors (Lipinski definition) is 2. The van der Waals surface area contributed by atoms with E-state index < -0.39 is 0 Å². The van der Waals surface area contributed by atoms with Crippen LogP contribution in [0.3, 0.4) is 0 Å². The molecule has 1 aromatic carbocycles. The third-order valence-electron chi connectivity index (χ3n) is 3.06. The van der Waals surface area contributed by atoms with Crippen molar-refractivity contribution in [2.24, 2.45) is 0 Å². The Morgan fingerprint density at radius 1 is 1.11 bits per heavy atom. The van der Waals surface area contributed by atoms with Gasteiger partial charge in [-0.2, -0.15) is 0 Å². The predicted octanol–water partition coefficient (Wildman–Crippen LogP) is 4.20. The van der Waals surface area contributed by atoms with Crippen molar-refractivity contribution in [2.45, 2.75) is 6.92 Å². The van der Waals surface area contributed by atoms with E-state index in [1.165, 1.54) is 0 Å². The summed E-state index contributed by atoms with van der Waals surface area (Å²) in [6.07, 6.45) is 1.95. The van der Waals surface area contributed by atoms with Gasteiger partial charge in [0.05, 0.1) is 21.4 Å². The molecule has 5 heteroatoms. The standard InChI is InChI=1S/C14H11Cl2N3/c1-8-2-5-12(17)14-18-13(7-19(8)14)9-3-4-10(15)11(16)6-9/h2-7H,17H2,1H3. The third-order valence-corrected chi connectivity index (χ3v) is 3.80. The van der Waals surface area contributed by atoms with Crippen LogP contribution < -0.4 is 5.73 Å². The first-order valence-electron chi connectivity index (χ1n) is 5.76. The van der Waals surface area contributed by atoms with E-state index in [-0.39, 0.29) is 0 Å². The molecule has 2 N–H and O–H groups in total. The van der Waals surface area contributed by atoms with Crippen LogP contribution in [-0.4, -0.2) is 9.38 Å². The molecule has 0 aliphatic heterocycles. The molecule has 96 valence electrons. The first-order valence-corrected chi connectivity index (χ1v) is 6.51. The second-order valence-corrected chi connectivity index (χ2v) is 5.19. The van der Waals surface area contributed by atoms with Crippen molar-refractivity contribution in [3.05, 3.63) is 52.3 Å². The first kappa shape index (κ1) is 12.3. The zero-order valence-electron chi connectivity index (χ0n) is 10.2. The van der Waals surface area contributed by atoms with Gasteiger partial charge in [0.1, 0.15) is 0 Å². The number of benzene rings is 1. The van der Waals surface area contributed by atoms with Crippen LogP contribution in [0.1, 0.15) is 5.69 Å². The fraction of sp³-hybridized carbons (Fsp3) is 0.0714. The predicted molar refractivity (Wildman–Crippen MR) is 79.8 cm³/mol. The topological polar surface area (TPSA) is 43.3 Å². The Balaban J connectivity index is 2.23. The molecule has 0 radical (unpaired) electrons. The van der Waals surface area contributed by atoms with Crippen molar-refractivity contribution in [1.82, 2.24) is 9.38 Å². The van der Waals surface area contributed by atoms with Gasteiger partial charge in [0.15, 0.2) is 5.65 Å². The maximum absolute atomic E-state index is 6.03. The molecule has 0 aliphatic rings. The van der Waals surface area contributed by atoms with Gasteiger partial charge >= 0.3 is 0 Å². The van der Waals surface area contributed by atoms with Crippen LogP contribution in [0.4, 0.5) is 5.69 Å². The van der Waals surface area contributed by atoms with Gasteiger partial charge < -0.3 is 10.1 Å². The molecule has 0 amide bonds. The van der Waals surface area contributed by atoms with Crippen molar-refractivity contribution < 1.29 is 0 Å². The first-order chi connectivity index (χ1) is 9.06. The number of anilines is 1. The van der Waals surface area contributed by atoms with E-state index in [0.717, 1.165) is 22.6 Å². The number of imidazole rings is 1. The van der Waals surface area contributed by atoms with Crippen LogP contribution in [0.5, 0.6) is 0 Å². The number of nitrogens with zero attached hydrogens (tertiary/aromatic N) is 2. The summed E-state index contributed by atoms with van der Waals surface area (Å²) >= 11 is 12.0. The van der Waals surface area contributed by atoms with E-state index in [4.69, 9.17) is 28.9 Å². The lowest BCUT2D eigenvalue weighted by molar-refractivity contribution is 1.10. The Kier molecular flexibility index (Phi) is 2.88. The van der Waals surface area contributed by atoms with Crippen LogP contribution in [0.15, 0.2) is 36.5 Å². The molecule has 0 atom stereocenters. The summed E-state index contributed by atoms with van der Waals surface area (Å²) in [4.78, 5) is 4.55. The van der Waals surface area contributed by atoms with Gasteiger partial charge in [0, 0.05) is 17.5 Å². The SMILES string of the molecule is Cc1ccc(N)c2nc(-c3ccc(Cl)c(Cl)c3)cn12. The molecule has 2 heterocycles. The summed E-state index contributed by atoms with van der Waals surface area (Å²) in [5, 5.41) is 1.05. The largest absolute Gasteiger partial charge is 0.396 e. The molecule has 3 aromatic rings. The van der Waals surface area contributed by atoms with Gasteiger partial charge in [-0.1, -0.05) is 29.3 Å². The highest BCUT2D eigenvalue weighted by atomic mass is 35.5. The molecule has 3 nitrogen and oxygen atoms in total. The molecule has 2 aromatic heterocycles. The summed E-state index contributed by atoms with van der Waals surface area (Å²) in [5.74, 6) is 0. The zero-order valence-corrected chi connectivity index (χ0v) is 11.7. The van der Waals surface area contributed by atoms with Crippen molar-refractivity contribution in [3.63, 3.8) is 0 Å². The zero-order chi connectivity index (χ0) is 13.6. The van der Waals surface area contributed by atoms with Crippen LogP contribution in [0, 0.1) is 6.92 Å². The van der Waals surface area contributed by atoms with E-state index in [1.807, 2.05) is 35.7 Å². The number of pyridine rings is 1. The lowest BCUT2D eigenvalue weighted by Gasteiger charge is -2.00. The number of rotatable bonds is 1. The highest BCUT2D eigenvalue weighted by Crippen LogP contribution is 2.29. The van der Waals surface area contributed by atoms with E-state index >= 15 is 0 Å². The van der Waals surface area contributed by atoms with Gasteiger partial charge in [-0.25, -0.2) is 4.98 Å². The highest BCUT2D eigenvalue weighted by Gasteiger charge is 2.09. The molecular weight excluding hydrogens is 281 g/mol. The van der Waals surface area contributed by atoms with Gasteiger partial charge in [0.25, 0.3) is 0 Å². The van der Waals surface area contributed by atoms with E-state index in [0.29, 0.717) is 15.7 Å². The van der Waals surface area contributed by atoms with Crippen molar-refractivity contribution >= 4 is 34.5 Å². The molecule has 0 fully saturated rings. The molecule has 19 heavy (non-hydrogen) atoms. The fourth-order valence-electron chi connectivity index (χ4n) is 2.01. The highest BCUT2D eigenvalue weighted by molar-refractivity contribution is 6.42. The number of fused-ring (bicyclic) bond motifs is 1. The molecular formula is C14H11Cl2N3. The summed E-state index contributed by atoms with van der Waals surface area (Å²) in [6.45, 7) is 2.01. The van der Waals surface area contributed by atoms with Crippen LogP contribution in [-0.2, 0) is 0 Å². The van der Waals surface area contributed by atoms with Crippen molar-refractivity contribution in [1.29, 1.82) is 0 Å². The molecule has 0 saturated carbocycles. The lowest BCUT2D eigenvalue weighted by atomic mass is 10.2. The van der Waals surface area contributed by atoms with Crippen LogP contribution in [0.2, 0.25) is 10.0 Å². The minimum atomic E-state index is 0.515. The maximum atomic E-state index is 6.03. The summed E-state index contributed by atoms with van der Waals surface area (Å²) < 4.78 is 1.97. The molecule has 0 saturated heterocycles. The Labute approximate surface area is 120 Å². The molecule has 0 aliphatic carbocycles. The van der Waals surface area contributed by atoms with Gasteiger partial charge in [-0.15, -0.1) is 0 Å². The van der Waals surface area contributed by atoms with E-state index in [1.54, 1.807) is 12.1 Å². The number of aryl methyl sites for hydroxylation is 1. The molecule has 0 spiro atoms. The van der Waals surface area contributed by atoms with E-state index in [9.17, 15) is 0 Å². The van der Waals surface area contributed by atoms with Crippen molar-refractivity contribution in [3.8, 4) is 11.3 Å². The van der Waals surface area contributed by atoms with Crippen molar-refractivity contribution in [2.75, 3.05) is 5.73 Å². The molecule has 3 rings (SSSR count). The maximum Gasteiger partial charge on any atom is 0.160 e. The Morgan fingerprint density at radius 2 is 1.89 bits per heavy atom. The third kappa shape index (κ3) is 2.05. The minimum absolute atomic E-state index is 0.515. The van der Waals surface area contributed by atoms with Gasteiger partial charge in [-0.3, -0.25) is 0 Å². The van der Waals surface area contributed by atoms with Gasteiger partial charge in [0.2, 0.25) is 0 Å². The number of hydrogen-bond donors (Lipinski definition) is 1. The smallest absolute Gasteiger partial charge is 0.160 e. The second kappa shape index (κ2) is 4.44. The minimum Gasteiger partial charge on any atom is -0.396 e. The lowest BCUT2D eigenvalue weighted by Crippen LogP contribution is -1.94. The van der Waals surface area contributed by atoms with Gasteiger partial charge in [-0.05, 0) is 31.2 Å². The average Bonchev–Trinajstić information content (AvgIpc) is 2.83. The Hall–Kier alpha value is -1.71. The number of nitrogen functional groups attached to an aromatic ring is 1. The quantitative estimate of drug-likeness (QED) is 0.730. The summed E-state index contributed by atoms with van der Waals surface area (Å²) in [7, 11) is 0. The number of halogens is 2. The monoisotopic (exact) mass is 291 g/mol. The Morgan fingerprint density at radius 3 is 2.58 bits per heavy atom. The molecule has 0 unspecified atom stereocenters. The summed E-state index contributed by atoms with van der Waals surface area (Å²) in [5.41, 5.74) is 10.1. The molecule has 0 bridgehead atoms. The van der Waals surface area contributed by atoms with Crippen LogP contribution in [0.25, 0.3) is 16.9 Å². The normalized spacial score (nSPS) is 11.1. The Bertz CT molecular complexity index is 739. The number of aromatic nitrogens is 2. The second-order valence-electron chi connectivity index (χ2n) is 4.38. The van der Waals surface area contributed by atoms with E-state index in [2.05, 4.69) is 4.98 Å². The number of nitrogens with two attached hydrogens (primary N) is 1. The van der Waals surface area contributed by atoms with Crippen LogP contribution >= 0.6 is 23.2 Å². The summed E-state index contributed by atoms with van der Waals surface area (Å²) in [6, 6.07) is 9.27.